The van der Waals surface area contributed by atoms with E-state index in [0.717, 1.165) is 62.8 Å². The molecule has 4 aromatic carbocycles. The number of hydrogen-bond acceptors (Lipinski definition) is 3. The maximum absolute atomic E-state index is 14.3. The largest absolute Gasteiger partial charge is 0.457 e. The van der Waals surface area contributed by atoms with Crippen LogP contribution in [0.1, 0.15) is 30.3 Å². The van der Waals surface area contributed by atoms with Crippen LogP contribution >= 0.6 is 0 Å². The predicted octanol–water partition coefficient (Wildman–Crippen LogP) is 9.53. The number of fused-ring (bicyclic) bond motifs is 3. The highest BCUT2D eigenvalue weighted by molar-refractivity contribution is 6.09. The fraction of sp³-hybridized carbons (Fsp3) is 0.135. The molecule has 0 unspecified atom stereocenters. The molecule has 0 bridgehead atoms. The quantitative estimate of drug-likeness (QED) is 0.193. The topological polar surface area (TPSA) is 44.9 Å². The van der Waals surface area contributed by atoms with E-state index in [1.807, 2.05) is 70.8 Å². The summed E-state index contributed by atoms with van der Waals surface area (Å²) in [7, 11) is 0. The van der Waals surface area contributed by atoms with Crippen molar-refractivity contribution >= 4 is 21.8 Å². The zero-order valence-electron chi connectivity index (χ0n) is 24.4. The molecule has 3 aromatic heterocycles. The third-order valence-electron chi connectivity index (χ3n) is 7.93. The van der Waals surface area contributed by atoms with Gasteiger partial charge in [0.1, 0.15) is 23.1 Å². The minimum atomic E-state index is -0.327. The van der Waals surface area contributed by atoms with E-state index < -0.39 is 0 Å². The van der Waals surface area contributed by atoms with Gasteiger partial charge in [0.2, 0.25) is 0 Å². The van der Waals surface area contributed by atoms with Crippen LogP contribution in [0.5, 0.6) is 11.5 Å². The van der Waals surface area contributed by atoms with Crippen LogP contribution in [0.2, 0.25) is 0 Å². The Hall–Kier alpha value is -5.23. The van der Waals surface area contributed by atoms with Crippen molar-refractivity contribution in [3.05, 3.63) is 132 Å². The molecule has 3 heterocycles. The summed E-state index contributed by atoms with van der Waals surface area (Å²) in [4.78, 5) is 4.51. The second kappa shape index (κ2) is 10.9. The molecule has 7 aromatic rings. The van der Waals surface area contributed by atoms with Crippen LogP contribution in [0, 0.1) is 19.7 Å². The van der Waals surface area contributed by atoms with Crippen molar-refractivity contribution in [3.8, 4) is 34.1 Å². The molecule has 0 aliphatic rings. The Bertz CT molecular complexity index is 2110. The van der Waals surface area contributed by atoms with Crippen molar-refractivity contribution in [2.24, 2.45) is 0 Å². The summed E-state index contributed by atoms with van der Waals surface area (Å²) < 4.78 is 24.7. The molecule has 0 aliphatic heterocycles. The Morgan fingerprint density at radius 2 is 1.60 bits per heavy atom. The normalized spacial score (nSPS) is 11.4. The van der Waals surface area contributed by atoms with Crippen molar-refractivity contribution in [2.45, 2.75) is 33.6 Å². The zero-order chi connectivity index (χ0) is 29.5. The lowest BCUT2D eigenvalue weighted by Gasteiger charge is -2.11. The average molecular weight is 567 g/mol. The van der Waals surface area contributed by atoms with Crippen molar-refractivity contribution in [3.63, 3.8) is 0 Å². The Balaban J connectivity index is 1.30. The summed E-state index contributed by atoms with van der Waals surface area (Å²) in [5, 5.41) is 7.04. The minimum absolute atomic E-state index is 0.327. The molecule has 0 radical (unpaired) electrons. The van der Waals surface area contributed by atoms with Gasteiger partial charge in [-0.15, -0.1) is 0 Å². The van der Waals surface area contributed by atoms with Gasteiger partial charge in [-0.3, -0.25) is 4.57 Å². The second-order valence-electron chi connectivity index (χ2n) is 10.9. The maximum Gasteiger partial charge on any atom is 0.140 e. The molecular weight excluding hydrogens is 535 g/mol. The lowest BCUT2D eigenvalue weighted by atomic mass is 10.0. The van der Waals surface area contributed by atoms with Gasteiger partial charge in [0.05, 0.1) is 22.4 Å². The smallest absolute Gasteiger partial charge is 0.140 e. The van der Waals surface area contributed by atoms with E-state index in [1.54, 1.807) is 0 Å². The van der Waals surface area contributed by atoms with E-state index in [9.17, 15) is 4.39 Å². The average Bonchev–Trinajstić information content (AvgIpc) is 3.50. The van der Waals surface area contributed by atoms with E-state index in [4.69, 9.17) is 9.84 Å². The van der Waals surface area contributed by atoms with Crippen molar-refractivity contribution < 1.29 is 9.13 Å². The Kier molecular flexibility index (Phi) is 6.74. The van der Waals surface area contributed by atoms with Crippen LogP contribution in [0.4, 0.5) is 4.39 Å². The summed E-state index contributed by atoms with van der Waals surface area (Å²) in [6.45, 7) is 6.31. The van der Waals surface area contributed by atoms with Crippen LogP contribution in [0.3, 0.4) is 0 Å². The standard InChI is InChI=1S/C37H31FN4O/c1-4-9-26-14-17-34-33(20-26)32-16-15-31(23-35(32)41(34)36-21-28(38)18-19-39-36)43-30-13-8-12-29(22-30)42-25(3)37(24(2)40-42)27-10-6-5-7-11-27/h5-8,10-23H,4,9H2,1-3H3. The SMILES string of the molecule is CCCc1ccc2c(c1)c1ccc(Oc3cccc(-n4nc(C)c(-c5ccccc5)c4C)c3)cc1n2-c1cc(F)ccn1. The molecule has 0 saturated carbocycles. The van der Waals surface area contributed by atoms with Crippen molar-refractivity contribution in [1.29, 1.82) is 0 Å². The van der Waals surface area contributed by atoms with Crippen LogP contribution in [-0.4, -0.2) is 19.3 Å². The number of rotatable bonds is 7. The summed E-state index contributed by atoms with van der Waals surface area (Å²) in [5.41, 5.74) is 8.40. The highest BCUT2D eigenvalue weighted by Gasteiger charge is 2.17. The van der Waals surface area contributed by atoms with E-state index in [2.05, 4.69) is 55.2 Å². The predicted molar refractivity (Wildman–Crippen MR) is 171 cm³/mol. The Labute approximate surface area is 249 Å². The van der Waals surface area contributed by atoms with Gasteiger partial charge in [0.15, 0.2) is 0 Å². The molecular formula is C37H31FN4O. The van der Waals surface area contributed by atoms with E-state index in [1.165, 1.54) is 23.9 Å². The van der Waals surface area contributed by atoms with Gasteiger partial charge in [-0.05, 0) is 73.9 Å². The highest BCUT2D eigenvalue weighted by Crippen LogP contribution is 2.36. The maximum atomic E-state index is 14.3. The number of aromatic nitrogens is 4. The molecule has 5 nitrogen and oxygen atoms in total. The molecule has 0 saturated heterocycles. The van der Waals surface area contributed by atoms with Gasteiger partial charge in [-0.2, -0.15) is 5.10 Å². The van der Waals surface area contributed by atoms with Crippen LogP contribution in [0.25, 0.3) is 44.4 Å². The van der Waals surface area contributed by atoms with E-state index in [0.29, 0.717) is 17.3 Å². The van der Waals surface area contributed by atoms with Crippen LogP contribution < -0.4 is 4.74 Å². The summed E-state index contributed by atoms with van der Waals surface area (Å²) in [6.07, 6.45) is 3.57. The molecule has 0 fully saturated rings. The number of benzene rings is 4. The second-order valence-corrected chi connectivity index (χ2v) is 10.9. The lowest BCUT2D eigenvalue weighted by Crippen LogP contribution is -2.00. The molecule has 43 heavy (non-hydrogen) atoms. The van der Waals surface area contributed by atoms with Gasteiger partial charge in [-0.1, -0.05) is 55.8 Å². The summed E-state index contributed by atoms with van der Waals surface area (Å²) in [6, 6.07) is 33.7. The molecule has 212 valence electrons. The molecule has 0 aliphatic carbocycles. The third kappa shape index (κ3) is 4.85. The first-order valence-corrected chi connectivity index (χ1v) is 14.6. The molecule has 0 atom stereocenters. The van der Waals surface area contributed by atoms with Gasteiger partial charge in [-0.25, -0.2) is 14.1 Å². The Morgan fingerprint density at radius 1 is 0.767 bits per heavy atom. The van der Waals surface area contributed by atoms with Crippen molar-refractivity contribution in [1.82, 2.24) is 19.3 Å². The first kappa shape index (κ1) is 26.7. The van der Waals surface area contributed by atoms with E-state index in [-0.39, 0.29) is 5.82 Å². The number of halogens is 1. The van der Waals surface area contributed by atoms with Crippen LogP contribution in [0.15, 0.2) is 109 Å². The van der Waals surface area contributed by atoms with E-state index >= 15 is 0 Å². The molecule has 6 heteroatoms. The number of pyridine rings is 1. The lowest BCUT2D eigenvalue weighted by molar-refractivity contribution is 0.482. The zero-order valence-corrected chi connectivity index (χ0v) is 24.4. The Morgan fingerprint density at radius 3 is 2.42 bits per heavy atom. The van der Waals surface area contributed by atoms with Gasteiger partial charge >= 0.3 is 0 Å². The number of nitrogens with zero attached hydrogens (tertiary/aromatic N) is 4. The summed E-state index contributed by atoms with van der Waals surface area (Å²) in [5.74, 6) is 1.58. The first-order chi connectivity index (χ1) is 21.0. The first-order valence-electron chi connectivity index (χ1n) is 14.6. The van der Waals surface area contributed by atoms with Gasteiger partial charge in [0.25, 0.3) is 0 Å². The molecule has 0 amide bonds. The third-order valence-corrected chi connectivity index (χ3v) is 7.93. The highest BCUT2D eigenvalue weighted by atomic mass is 19.1. The fourth-order valence-corrected chi connectivity index (χ4v) is 6.05. The van der Waals surface area contributed by atoms with Gasteiger partial charge in [0, 0.05) is 46.4 Å². The molecule has 0 N–H and O–H groups in total. The number of hydrogen-bond donors (Lipinski definition) is 0. The molecule has 7 rings (SSSR count). The number of aryl methyl sites for hydroxylation is 2. The monoisotopic (exact) mass is 566 g/mol. The summed E-state index contributed by atoms with van der Waals surface area (Å²) >= 11 is 0. The fourth-order valence-electron chi connectivity index (χ4n) is 6.05. The van der Waals surface area contributed by atoms with Crippen molar-refractivity contribution in [2.75, 3.05) is 0 Å². The minimum Gasteiger partial charge on any atom is -0.457 e. The van der Waals surface area contributed by atoms with Crippen LogP contribution in [-0.2, 0) is 6.42 Å². The molecule has 0 spiro atoms. The van der Waals surface area contributed by atoms with Gasteiger partial charge < -0.3 is 4.74 Å². The number of ether oxygens (including phenoxy) is 1.